The summed E-state index contributed by atoms with van der Waals surface area (Å²) in [4.78, 5) is 36.7. The minimum absolute atomic E-state index is 0.248. The largest absolute Gasteiger partial charge is 0.331 e. The Morgan fingerprint density at radius 1 is 1.22 bits per heavy atom. The molecule has 0 atom stereocenters. The number of carbonyl (C=O) groups is 3. The topological polar surface area (TPSA) is 83.6 Å². The summed E-state index contributed by atoms with van der Waals surface area (Å²) in [6, 6.07) is -0.899. The number of hydrogen-bond acceptors (Lipinski definition) is 4. The number of amides is 4. The lowest BCUT2D eigenvalue weighted by Gasteiger charge is -2.40. The predicted octanol–water partition coefficient (Wildman–Crippen LogP) is 0.00210. The van der Waals surface area contributed by atoms with Crippen molar-refractivity contribution in [2.24, 2.45) is 5.41 Å². The Morgan fingerprint density at radius 3 is 2.33 bits per heavy atom. The van der Waals surface area contributed by atoms with Gasteiger partial charge in [-0.25, -0.2) is 4.79 Å². The van der Waals surface area contributed by atoms with Gasteiger partial charge in [0.2, 0.25) is 11.8 Å². The zero-order valence-electron chi connectivity index (χ0n) is 10.4. The molecule has 0 aromatic rings. The lowest BCUT2D eigenvalue weighted by Crippen LogP contribution is -2.64. The number of imide groups is 2. The zero-order chi connectivity index (χ0) is 13.5. The summed E-state index contributed by atoms with van der Waals surface area (Å²) in [5, 5.41) is 2.21. The van der Waals surface area contributed by atoms with Crippen LogP contribution < -0.4 is 5.32 Å². The highest BCUT2D eigenvalue weighted by Gasteiger charge is 2.49. The predicted molar refractivity (Wildman–Crippen MR) is 65.1 cm³/mol. The van der Waals surface area contributed by atoms with Crippen LogP contribution in [0.1, 0.15) is 26.7 Å². The standard InChI is InChI=1S/C11H16N2O4S/c1-11(2)8(14)12-10(16)13(9(11)15)7-3-5-18(17)6-4-7/h7H,3-6H2,1-2H3,(H,12,14,16). The summed E-state index contributed by atoms with van der Waals surface area (Å²) in [7, 11) is -0.851. The van der Waals surface area contributed by atoms with Crippen molar-refractivity contribution in [3.8, 4) is 0 Å². The molecule has 4 amide bonds. The highest BCUT2D eigenvalue weighted by Crippen LogP contribution is 2.28. The SMILES string of the molecule is CC1(C)C(=O)NC(=O)N(C2CCS(=O)CC2)C1=O. The third-order valence-corrected chi connectivity index (χ3v) is 4.87. The second-order valence-corrected chi connectivity index (χ2v) is 6.83. The molecule has 0 unspecified atom stereocenters. The van der Waals surface area contributed by atoms with E-state index in [1.54, 1.807) is 0 Å². The Balaban J connectivity index is 2.21. The monoisotopic (exact) mass is 272 g/mol. The normalized spacial score (nSPS) is 32.3. The molecular formula is C11H16N2O4S. The van der Waals surface area contributed by atoms with Gasteiger partial charge in [-0.1, -0.05) is 0 Å². The van der Waals surface area contributed by atoms with Crippen molar-refractivity contribution in [2.45, 2.75) is 32.7 Å². The van der Waals surface area contributed by atoms with Crippen molar-refractivity contribution in [3.63, 3.8) is 0 Å². The average molecular weight is 272 g/mol. The third-order valence-electron chi connectivity index (χ3n) is 3.48. The van der Waals surface area contributed by atoms with Gasteiger partial charge in [-0.3, -0.25) is 24.0 Å². The molecule has 0 spiro atoms. The van der Waals surface area contributed by atoms with Crippen LogP contribution >= 0.6 is 0 Å². The first-order valence-electron chi connectivity index (χ1n) is 5.88. The molecule has 18 heavy (non-hydrogen) atoms. The number of nitrogens with one attached hydrogen (secondary N) is 1. The smallest absolute Gasteiger partial charge is 0.277 e. The number of nitrogens with zero attached hydrogens (tertiary/aromatic N) is 1. The van der Waals surface area contributed by atoms with E-state index in [1.807, 2.05) is 0 Å². The molecule has 2 saturated heterocycles. The molecular weight excluding hydrogens is 256 g/mol. The van der Waals surface area contributed by atoms with Crippen molar-refractivity contribution < 1.29 is 18.6 Å². The van der Waals surface area contributed by atoms with Crippen LogP contribution in [0.2, 0.25) is 0 Å². The summed E-state index contributed by atoms with van der Waals surface area (Å²) in [6.07, 6.45) is 1.08. The Morgan fingerprint density at radius 2 is 1.78 bits per heavy atom. The van der Waals surface area contributed by atoms with Gasteiger partial charge < -0.3 is 0 Å². The van der Waals surface area contributed by atoms with Crippen LogP contribution in [0.4, 0.5) is 4.79 Å². The molecule has 0 aromatic carbocycles. The molecule has 0 radical (unpaired) electrons. The van der Waals surface area contributed by atoms with Gasteiger partial charge in [-0.05, 0) is 26.7 Å². The van der Waals surface area contributed by atoms with Crippen LogP contribution in [0.3, 0.4) is 0 Å². The van der Waals surface area contributed by atoms with Crippen LogP contribution in [0.15, 0.2) is 0 Å². The van der Waals surface area contributed by atoms with Crippen LogP contribution in [-0.4, -0.2) is 44.5 Å². The van der Waals surface area contributed by atoms with Crippen molar-refractivity contribution in [1.29, 1.82) is 0 Å². The van der Waals surface area contributed by atoms with Gasteiger partial charge in [-0.15, -0.1) is 0 Å². The summed E-state index contributed by atoms with van der Waals surface area (Å²) >= 11 is 0. The number of urea groups is 1. The van der Waals surface area contributed by atoms with Crippen molar-refractivity contribution >= 4 is 28.6 Å². The van der Waals surface area contributed by atoms with E-state index in [9.17, 15) is 18.6 Å². The van der Waals surface area contributed by atoms with Gasteiger partial charge in [0.15, 0.2) is 0 Å². The van der Waals surface area contributed by atoms with E-state index in [4.69, 9.17) is 0 Å². The summed E-state index contributed by atoms with van der Waals surface area (Å²) < 4.78 is 11.3. The maximum Gasteiger partial charge on any atom is 0.331 e. The van der Waals surface area contributed by atoms with Gasteiger partial charge in [0.1, 0.15) is 5.41 Å². The number of barbiturate groups is 1. The first-order chi connectivity index (χ1) is 8.34. The molecule has 2 aliphatic heterocycles. The van der Waals surface area contributed by atoms with E-state index in [0.29, 0.717) is 24.3 Å². The number of carbonyl (C=O) groups excluding carboxylic acids is 3. The van der Waals surface area contributed by atoms with Crippen LogP contribution in [0, 0.1) is 5.41 Å². The molecule has 0 aliphatic carbocycles. The minimum Gasteiger partial charge on any atom is -0.277 e. The van der Waals surface area contributed by atoms with Gasteiger partial charge in [0.05, 0.1) is 0 Å². The zero-order valence-corrected chi connectivity index (χ0v) is 11.2. The van der Waals surface area contributed by atoms with E-state index in [0.717, 1.165) is 4.90 Å². The molecule has 100 valence electrons. The van der Waals surface area contributed by atoms with Gasteiger partial charge in [0.25, 0.3) is 0 Å². The van der Waals surface area contributed by atoms with Gasteiger partial charge >= 0.3 is 6.03 Å². The summed E-state index contributed by atoms with van der Waals surface area (Å²) in [5.41, 5.74) is -1.22. The second-order valence-electron chi connectivity index (χ2n) is 5.14. The van der Waals surface area contributed by atoms with E-state index in [1.165, 1.54) is 13.8 Å². The molecule has 2 rings (SSSR count). The fourth-order valence-corrected chi connectivity index (χ4v) is 3.45. The Bertz CT molecular complexity index is 436. The maximum atomic E-state index is 12.2. The first-order valence-corrected chi connectivity index (χ1v) is 7.37. The quantitative estimate of drug-likeness (QED) is 0.681. The Hall–Kier alpha value is -1.24. The second kappa shape index (κ2) is 4.46. The molecule has 7 heteroatoms. The summed E-state index contributed by atoms with van der Waals surface area (Å²) in [6.45, 7) is 3.01. The van der Waals surface area contributed by atoms with Gasteiger partial charge in [-0.2, -0.15) is 0 Å². The lowest BCUT2D eigenvalue weighted by molar-refractivity contribution is -0.150. The van der Waals surface area contributed by atoms with Crippen molar-refractivity contribution in [3.05, 3.63) is 0 Å². The third kappa shape index (κ3) is 2.07. The maximum absolute atomic E-state index is 12.2. The fraction of sp³-hybridized carbons (Fsp3) is 0.727. The van der Waals surface area contributed by atoms with E-state index in [2.05, 4.69) is 5.32 Å². The van der Waals surface area contributed by atoms with E-state index < -0.39 is 34.1 Å². The fourth-order valence-electron chi connectivity index (χ4n) is 2.18. The van der Waals surface area contributed by atoms with Crippen molar-refractivity contribution in [2.75, 3.05) is 11.5 Å². The molecule has 1 N–H and O–H groups in total. The average Bonchev–Trinajstić information content (AvgIpc) is 2.30. The molecule has 0 saturated carbocycles. The summed E-state index contributed by atoms with van der Waals surface area (Å²) in [5.74, 6) is -0.0336. The number of hydrogen-bond donors (Lipinski definition) is 1. The Kier molecular flexibility index (Phi) is 3.27. The van der Waals surface area contributed by atoms with Crippen LogP contribution in [0.25, 0.3) is 0 Å². The number of rotatable bonds is 1. The van der Waals surface area contributed by atoms with Crippen molar-refractivity contribution in [1.82, 2.24) is 10.2 Å². The van der Waals surface area contributed by atoms with Crippen LogP contribution in [0.5, 0.6) is 0 Å². The molecule has 2 fully saturated rings. The highest BCUT2D eigenvalue weighted by atomic mass is 32.2. The molecule has 0 bridgehead atoms. The van der Waals surface area contributed by atoms with Gasteiger partial charge in [0, 0.05) is 28.3 Å². The molecule has 2 aliphatic rings. The molecule has 6 nitrogen and oxygen atoms in total. The molecule has 2 heterocycles. The minimum atomic E-state index is -1.22. The van der Waals surface area contributed by atoms with E-state index in [-0.39, 0.29) is 6.04 Å². The lowest BCUT2D eigenvalue weighted by atomic mass is 9.87. The Labute approximate surface area is 108 Å². The van der Waals surface area contributed by atoms with E-state index >= 15 is 0 Å². The highest BCUT2D eigenvalue weighted by molar-refractivity contribution is 7.85. The molecule has 0 aromatic heterocycles. The van der Waals surface area contributed by atoms with Crippen LogP contribution in [-0.2, 0) is 20.4 Å². The first kappa shape index (κ1) is 13.2.